The summed E-state index contributed by atoms with van der Waals surface area (Å²) in [6.45, 7) is 5.86. The third-order valence-electron chi connectivity index (χ3n) is 10.8. The molecule has 7 rings (SSSR count). The van der Waals surface area contributed by atoms with E-state index in [4.69, 9.17) is 4.74 Å². The number of hydrogen-bond donors (Lipinski definition) is 1. The van der Waals surface area contributed by atoms with E-state index in [-0.39, 0.29) is 43.3 Å². The second-order valence-electron chi connectivity index (χ2n) is 14.1. The SMILES string of the molecule is C[C@H]1[C@H]([Si](C)(C)F)[C@@H](CC(=O)N2CCC[C@H]2CO)O[C@]12C(=O)N(Cc1ccc(N3C(=O)CCc4ccccc43)cc1)c1ccc(Br)cc12. The molecule has 48 heavy (non-hydrogen) atoms. The maximum atomic E-state index is 16.3. The Hall–Kier alpha value is -3.38. The van der Waals surface area contributed by atoms with Crippen LogP contribution in [0.25, 0.3) is 0 Å². The highest BCUT2D eigenvalue weighted by Gasteiger charge is 2.67. The van der Waals surface area contributed by atoms with Gasteiger partial charge in [0.15, 0.2) is 5.60 Å². The molecule has 0 bridgehead atoms. The number of ether oxygens (including phenoxy) is 1. The average Bonchev–Trinajstić information content (AvgIpc) is 3.72. The van der Waals surface area contributed by atoms with Gasteiger partial charge in [-0.1, -0.05) is 53.2 Å². The molecule has 4 aliphatic rings. The van der Waals surface area contributed by atoms with Crippen molar-refractivity contribution in [1.29, 1.82) is 0 Å². The van der Waals surface area contributed by atoms with Crippen molar-refractivity contribution in [3.05, 3.63) is 87.9 Å². The Kier molecular flexibility index (Phi) is 8.63. The van der Waals surface area contributed by atoms with Gasteiger partial charge in [-0.25, -0.2) is 0 Å². The summed E-state index contributed by atoms with van der Waals surface area (Å²) in [5.41, 5.74) is 2.99. The number of carbonyl (C=O) groups is 3. The maximum absolute atomic E-state index is 16.3. The number of hydrogen-bond acceptors (Lipinski definition) is 5. The number of fused-ring (bicyclic) bond motifs is 3. The quantitative estimate of drug-likeness (QED) is 0.214. The number of carbonyl (C=O) groups excluding carboxylic acids is 3. The first-order valence-corrected chi connectivity index (χ1v) is 20.6. The first-order chi connectivity index (χ1) is 22.9. The zero-order valence-corrected chi connectivity index (χ0v) is 30.1. The molecule has 5 atom stereocenters. The largest absolute Gasteiger partial charge is 0.394 e. The van der Waals surface area contributed by atoms with E-state index >= 15 is 4.11 Å². The van der Waals surface area contributed by atoms with Gasteiger partial charge in [-0.15, -0.1) is 0 Å². The molecule has 252 valence electrons. The number of aliphatic hydroxyl groups is 1. The smallest absolute Gasteiger partial charge is 0.264 e. The van der Waals surface area contributed by atoms with Gasteiger partial charge < -0.3 is 23.8 Å². The number of aliphatic hydroxyl groups excluding tert-OH is 1. The van der Waals surface area contributed by atoms with Crippen LogP contribution in [0.15, 0.2) is 71.2 Å². The first-order valence-electron chi connectivity index (χ1n) is 16.8. The fourth-order valence-corrected chi connectivity index (χ4v) is 11.5. The third kappa shape index (κ3) is 5.43. The summed E-state index contributed by atoms with van der Waals surface area (Å²) in [7, 11) is -3.45. The monoisotopic (exact) mass is 733 g/mol. The summed E-state index contributed by atoms with van der Waals surface area (Å²) < 4.78 is 23.8. The summed E-state index contributed by atoms with van der Waals surface area (Å²) in [5.74, 6) is -0.911. The molecule has 1 spiro atoms. The Morgan fingerprint density at radius 2 is 1.81 bits per heavy atom. The maximum Gasteiger partial charge on any atom is 0.264 e. The number of amides is 3. The molecule has 3 aromatic carbocycles. The van der Waals surface area contributed by atoms with Crippen molar-refractivity contribution in [2.45, 2.75) is 82.0 Å². The lowest BCUT2D eigenvalue weighted by Crippen LogP contribution is -2.45. The molecule has 2 fully saturated rings. The zero-order chi connectivity index (χ0) is 34.0. The van der Waals surface area contributed by atoms with Gasteiger partial charge in [-0.2, -0.15) is 0 Å². The lowest BCUT2D eigenvalue weighted by atomic mass is 9.82. The van der Waals surface area contributed by atoms with Gasteiger partial charge in [0.1, 0.15) is 0 Å². The lowest BCUT2D eigenvalue weighted by molar-refractivity contribution is -0.150. The number of rotatable bonds is 7. The normalized spacial score (nSPS) is 26.8. The summed E-state index contributed by atoms with van der Waals surface area (Å²) >= 11 is 3.59. The van der Waals surface area contributed by atoms with E-state index in [1.165, 1.54) is 0 Å². The second kappa shape index (κ2) is 12.5. The molecular weight excluding hydrogens is 693 g/mol. The number of likely N-dealkylation sites (tertiary alicyclic amines) is 1. The van der Waals surface area contributed by atoms with Crippen LogP contribution in [0.4, 0.5) is 21.2 Å². The molecule has 4 heterocycles. The fourth-order valence-electron chi connectivity index (χ4n) is 8.66. The standard InChI is InChI=1S/C37H41BrFN3O5Si/c1-23-35(48(2,3)39)32(20-34(45)40-18-6-8-28(40)22-43)47-37(23)29-19-26(38)13-16-31(29)41(36(37)46)21-24-10-14-27(15-11-24)42-30-9-5-4-7-25(30)12-17-33(42)44/h4-5,7,9-11,13-16,19,23,28,32,35,43H,6,8,12,17-18,20-22H2,1-3H3/t23-,28-,32+,35-,37+/m0/s1. The zero-order valence-electron chi connectivity index (χ0n) is 27.5. The third-order valence-corrected chi connectivity index (χ3v) is 13.8. The van der Waals surface area contributed by atoms with Gasteiger partial charge in [0.25, 0.3) is 5.91 Å². The van der Waals surface area contributed by atoms with E-state index < -0.39 is 31.6 Å². The van der Waals surface area contributed by atoms with Crippen LogP contribution in [0.3, 0.4) is 0 Å². The summed E-state index contributed by atoms with van der Waals surface area (Å²) in [5, 5.41) is 9.84. The molecule has 0 aromatic heterocycles. The Balaban J connectivity index is 1.20. The van der Waals surface area contributed by atoms with Gasteiger partial charge in [0.2, 0.25) is 20.2 Å². The van der Waals surface area contributed by atoms with Crippen LogP contribution in [-0.2, 0) is 37.7 Å². The minimum Gasteiger partial charge on any atom is -0.394 e. The minimum atomic E-state index is -3.45. The number of anilines is 3. The van der Waals surface area contributed by atoms with Crippen LogP contribution in [0.2, 0.25) is 18.6 Å². The van der Waals surface area contributed by atoms with Crippen molar-refractivity contribution < 1.29 is 28.3 Å². The lowest BCUT2D eigenvalue weighted by Gasteiger charge is -2.31. The Labute approximate surface area is 290 Å². The van der Waals surface area contributed by atoms with Crippen LogP contribution in [-0.4, -0.2) is 61.4 Å². The van der Waals surface area contributed by atoms with Crippen molar-refractivity contribution in [2.75, 3.05) is 23.0 Å². The number of halogens is 2. The summed E-state index contributed by atoms with van der Waals surface area (Å²) in [6, 6.07) is 21.1. The molecule has 11 heteroatoms. The number of aryl methyl sites for hydroxylation is 1. The van der Waals surface area contributed by atoms with E-state index in [1.807, 2.05) is 67.6 Å². The Morgan fingerprint density at radius 1 is 1.06 bits per heavy atom. The van der Waals surface area contributed by atoms with Crippen LogP contribution >= 0.6 is 15.9 Å². The van der Waals surface area contributed by atoms with Crippen LogP contribution in [0.5, 0.6) is 0 Å². The molecule has 0 radical (unpaired) electrons. The van der Waals surface area contributed by atoms with Gasteiger partial charge in [0, 0.05) is 40.1 Å². The number of nitrogens with zero attached hydrogens (tertiary/aromatic N) is 3. The first kappa shape index (κ1) is 33.1. The number of benzene rings is 3. The molecule has 2 saturated heterocycles. The molecule has 0 aliphatic carbocycles. The predicted octanol–water partition coefficient (Wildman–Crippen LogP) is 6.76. The molecule has 4 aliphatic heterocycles. The van der Waals surface area contributed by atoms with E-state index in [0.29, 0.717) is 24.2 Å². The second-order valence-corrected chi connectivity index (χ2v) is 18.8. The van der Waals surface area contributed by atoms with E-state index in [9.17, 15) is 19.5 Å². The molecule has 3 amide bonds. The molecule has 3 aromatic rings. The van der Waals surface area contributed by atoms with E-state index in [1.54, 1.807) is 27.8 Å². The van der Waals surface area contributed by atoms with Crippen LogP contribution < -0.4 is 9.80 Å². The van der Waals surface area contributed by atoms with Gasteiger partial charge in [0.05, 0.1) is 43.1 Å². The van der Waals surface area contributed by atoms with Gasteiger partial charge >= 0.3 is 0 Å². The molecule has 0 saturated carbocycles. The van der Waals surface area contributed by atoms with E-state index in [2.05, 4.69) is 22.0 Å². The average molecular weight is 735 g/mol. The van der Waals surface area contributed by atoms with Crippen molar-refractivity contribution in [2.24, 2.45) is 5.92 Å². The highest BCUT2D eigenvalue weighted by atomic mass is 79.9. The van der Waals surface area contributed by atoms with Crippen LogP contribution in [0.1, 0.15) is 49.3 Å². The van der Waals surface area contributed by atoms with Gasteiger partial charge in [-0.3, -0.25) is 19.3 Å². The van der Waals surface area contributed by atoms with Crippen molar-refractivity contribution >= 4 is 59.1 Å². The topological polar surface area (TPSA) is 90.4 Å². The molecule has 0 unspecified atom stereocenters. The van der Waals surface area contributed by atoms with E-state index in [0.717, 1.165) is 46.2 Å². The fraction of sp³-hybridized carbons (Fsp3) is 0.432. The molecule has 8 nitrogen and oxygen atoms in total. The Morgan fingerprint density at radius 3 is 2.54 bits per heavy atom. The Bertz CT molecular complexity index is 1770. The predicted molar refractivity (Wildman–Crippen MR) is 188 cm³/mol. The minimum absolute atomic E-state index is 0.0377. The molecule has 1 N–H and O–H groups in total. The highest BCUT2D eigenvalue weighted by molar-refractivity contribution is 9.10. The number of para-hydroxylation sites is 1. The highest BCUT2D eigenvalue weighted by Crippen LogP contribution is 2.60. The summed E-state index contributed by atoms with van der Waals surface area (Å²) in [4.78, 5) is 46.5. The van der Waals surface area contributed by atoms with Crippen molar-refractivity contribution in [3.8, 4) is 0 Å². The molecular formula is C37H41BrFN3O5Si. The van der Waals surface area contributed by atoms with Crippen molar-refractivity contribution in [1.82, 2.24) is 4.90 Å². The van der Waals surface area contributed by atoms with Gasteiger partial charge in [-0.05, 0) is 79.9 Å². The van der Waals surface area contributed by atoms with Crippen molar-refractivity contribution in [3.63, 3.8) is 0 Å². The summed E-state index contributed by atoms with van der Waals surface area (Å²) in [6.07, 6.45) is 1.90. The van der Waals surface area contributed by atoms with Crippen LogP contribution in [0, 0.1) is 5.92 Å².